The van der Waals surface area contributed by atoms with Crippen LogP contribution in [0, 0.1) is 5.82 Å². The van der Waals surface area contributed by atoms with Gasteiger partial charge in [-0.15, -0.1) is 0 Å². The molecule has 0 aromatic carbocycles. The van der Waals surface area contributed by atoms with Crippen molar-refractivity contribution in [2.75, 3.05) is 18.1 Å². The summed E-state index contributed by atoms with van der Waals surface area (Å²) in [5.41, 5.74) is 0.609. The van der Waals surface area contributed by atoms with Crippen LogP contribution < -0.4 is 10.2 Å². The fourth-order valence-corrected chi connectivity index (χ4v) is 2.37. The van der Waals surface area contributed by atoms with Gasteiger partial charge in [0.15, 0.2) is 11.6 Å². The molecule has 118 valence electrons. The van der Waals surface area contributed by atoms with E-state index in [0.717, 1.165) is 0 Å². The summed E-state index contributed by atoms with van der Waals surface area (Å²) in [5.74, 6) is 0.209. The summed E-state index contributed by atoms with van der Waals surface area (Å²) in [6.45, 7) is 12.0. The van der Waals surface area contributed by atoms with Gasteiger partial charge in [-0.25, -0.2) is 9.37 Å². The first-order valence-electron chi connectivity index (χ1n) is 7.54. The summed E-state index contributed by atoms with van der Waals surface area (Å²) in [7, 11) is 0. The van der Waals surface area contributed by atoms with Crippen molar-refractivity contribution in [3.05, 3.63) is 23.6 Å². The third-order valence-electron chi connectivity index (χ3n) is 3.64. The van der Waals surface area contributed by atoms with Crippen LogP contribution in [0.4, 0.5) is 10.2 Å². The lowest BCUT2D eigenvalue weighted by Crippen LogP contribution is -2.48. The van der Waals surface area contributed by atoms with E-state index in [9.17, 15) is 4.39 Å². The van der Waals surface area contributed by atoms with Gasteiger partial charge < -0.3 is 15.0 Å². The number of halogens is 1. The number of nitrogens with one attached hydrogen (secondary N) is 1. The molecule has 0 radical (unpaired) electrons. The number of rotatable bonds is 3. The van der Waals surface area contributed by atoms with Crippen LogP contribution in [0.2, 0.25) is 0 Å². The van der Waals surface area contributed by atoms with Gasteiger partial charge in [-0.1, -0.05) is 0 Å². The Hall–Kier alpha value is -1.20. The topological polar surface area (TPSA) is 37.4 Å². The molecule has 1 aromatic rings. The van der Waals surface area contributed by atoms with E-state index in [1.807, 2.05) is 18.7 Å². The molecule has 4 nitrogen and oxygen atoms in total. The van der Waals surface area contributed by atoms with E-state index in [-0.39, 0.29) is 23.5 Å². The fourth-order valence-electron chi connectivity index (χ4n) is 2.37. The third-order valence-corrected chi connectivity index (χ3v) is 3.64. The first kappa shape index (κ1) is 16.2. The second-order valence-electron chi connectivity index (χ2n) is 6.86. The van der Waals surface area contributed by atoms with Crippen LogP contribution in [0.5, 0.6) is 0 Å². The lowest BCUT2D eigenvalue weighted by molar-refractivity contribution is 0.0337. The summed E-state index contributed by atoms with van der Waals surface area (Å²) in [4.78, 5) is 6.26. The zero-order chi connectivity index (χ0) is 15.6. The largest absolute Gasteiger partial charge is 0.375 e. The average molecular weight is 295 g/mol. The Morgan fingerprint density at radius 2 is 2.14 bits per heavy atom. The molecule has 1 N–H and O–H groups in total. The predicted octanol–water partition coefficient (Wildman–Crippen LogP) is 2.72. The molecule has 2 heterocycles. The molecule has 2 rings (SSSR count). The Balaban J connectivity index is 2.20. The number of anilines is 1. The van der Waals surface area contributed by atoms with E-state index in [1.54, 1.807) is 12.3 Å². The molecule has 2 atom stereocenters. The highest BCUT2D eigenvalue weighted by atomic mass is 19.1. The lowest BCUT2D eigenvalue weighted by atomic mass is 10.1. The number of aromatic nitrogens is 1. The van der Waals surface area contributed by atoms with E-state index in [4.69, 9.17) is 4.74 Å². The van der Waals surface area contributed by atoms with Crippen molar-refractivity contribution < 1.29 is 9.13 Å². The van der Waals surface area contributed by atoms with Gasteiger partial charge in [-0.05, 0) is 40.7 Å². The quantitative estimate of drug-likeness (QED) is 0.930. The van der Waals surface area contributed by atoms with Gasteiger partial charge >= 0.3 is 0 Å². The minimum Gasteiger partial charge on any atom is -0.375 e. The Morgan fingerprint density at radius 3 is 2.81 bits per heavy atom. The minimum absolute atomic E-state index is 0.0450. The maximum atomic E-state index is 14.7. The van der Waals surface area contributed by atoms with E-state index in [2.05, 4.69) is 31.1 Å². The van der Waals surface area contributed by atoms with Crippen molar-refractivity contribution in [1.29, 1.82) is 0 Å². The van der Waals surface area contributed by atoms with E-state index < -0.39 is 0 Å². The van der Waals surface area contributed by atoms with Gasteiger partial charge in [0, 0.05) is 30.4 Å². The van der Waals surface area contributed by atoms with E-state index >= 15 is 0 Å². The summed E-state index contributed by atoms with van der Waals surface area (Å²) < 4.78 is 20.3. The molecule has 0 bridgehead atoms. The van der Waals surface area contributed by atoms with Crippen molar-refractivity contribution in [3.63, 3.8) is 0 Å². The number of pyridine rings is 1. The van der Waals surface area contributed by atoms with Crippen molar-refractivity contribution in [3.8, 4) is 0 Å². The second-order valence-corrected chi connectivity index (χ2v) is 6.86. The van der Waals surface area contributed by atoms with Crippen LogP contribution in [0.15, 0.2) is 12.3 Å². The van der Waals surface area contributed by atoms with Crippen molar-refractivity contribution in [2.45, 2.75) is 58.8 Å². The molecule has 5 heteroatoms. The van der Waals surface area contributed by atoms with Gasteiger partial charge in [-0.3, -0.25) is 0 Å². The van der Waals surface area contributed by atoms with Crippen LogP contribution in [-0.2, 0) is 11.3 Å². The molecule has 1 fully saturated rings. The molecule has 2 unspecified atom stereocenters. The number of hydrogen-bond donors (Lipinski definition) is 1. The van der Waals surface area contributed by atoms with Crippen LogP contribution in [0.25, 0.3) is 0 Å². The monoisotopic (exact) mass is 295 g/mol. The van der Waals surface area contributed by atoms with Crippen molar-refractivity contribution in [1.82, 2.24) is 10.3 Å². The fraction of sp³-hybridized carbons (Fsp3) is 0.688. The summed E-state index contributed by atoms with van der Waals surface area (Å²) >= 11 is 0. The molecule has 1 aliphatic heterocycles. The van der Waals surface area contributed by atoms with Crippen molar-refractivity contribution >= 4 is 5.82 Å². The molecular formula is C16H26FN3O. The molecule has 21 heavy (non-hydrogen) atoms. The van der Waals surface area contributed by atoms with Gasteiger partial charge in [-0.2, -0.15) is 0 Å². The van der Waals surface area contributed by atoms with Gasteiger partial charge in [0.1, 0.15) is 0 Å². The van der Waals surface area contributed by atoms with Gasteiger partial charge in [0.2, 0.25) is 0 Å². The first-order valence-corrected chi connectivity index (χ1v) is 7.54. The Kier molecular flexibility index (Phi) is 4.84. The molecule has 0 saturated carbocycles. The first-order chi connectivity index (χ1) is 9.78. The normalized spacial score (nSPS) is 23.4. The highest BCUT2D eigenvalue weighted by molar-refractivity contribution is 5.44. The zero-order valence-electron chi connectivity index (χ0n) is 13.6. The van der Waals surface area contributed by atoms with E-state index in [1.165, 1.54) is 0 Å². The molecule has 0 aliphatic carbocycles. The van der Waals surface area contributed by atoms with Crippen molar-refractivity contribution in [2.24, 2.45) is 0 Å². The lowest BCUT2D eigenvalue weighted by Gasteiger charge is -2.38. The summed E-state index contributed by atoms with van der Waals surface area (Å²) in [6, 6.07) is 1.88. The maximum Gasteiger partial charge on any atom is 0.170 e. The smallest absolute Gasteiger partial charge is 0.170 e. The predicted molar refractivity (Wildman–Crippen MR) is 83.0 cm³/mol. The highest BCUT2D eigenvalue weighted by Gasteiger charge is 2.27. The standard InChI is InChI=1S/C16H26FN3O/c1-11-10-21-12(2)9-20(11)15-14(17)13(6-7-18-15)8-19-16(3,4)5/h6-7,11-12,19H,8-10H2,1-5H3. The van der Waals surface area contributed by atoms with Gasteiger partial charge in [0.25, 0.3) is 0 Å². The maximum absolute atomic E-state index is 14.7. The molecule has 0 amide bonds. The number of nitrogens with zero attached hydrogens (tertiary/aromatic N) is 2. The summed E-state index contributed by atoms with van der Waals surface area (Å²) in [5, 5.41) is 3.32. The SMILES string of the molecule is CC1CN(c2nccc(CNC(C)(C)C)c2F)C(C)CO1. The zero-order valence-corrected chi connectivity index (χ0v) is 13.6. The molecular weight excluding hydrogens is 269 g/mol. The highest BCUT2D eigenvalue weighted by Crippen LogP contribution is 2.24. The Bertz CT molecular complexity index is 487. The van der Waals surface area contributed by atoms with Crippen LogP contribution in [0.1, 0.15) is 40.2 Å². The van der Waals surface area contributed by atoms with Crippen LogP contribution in [0.3, 0.4) is 0 Å². The average Bonchev–Trinajstić information content (AvgIpc) is 2.40. The van der Waals surface area contributed by atoms with Crippen LogP contribution in [-0.4, -0.2) is 35.8 Å². The number of morpholine rings is 1. The number of hydrogen-bond acceptors (Lipinski definition) is 4. The van der Waals surface area contributed by atoms with Crippen LogP contribution >= 0.6 is 0 Å². The summed E-state index contributed by atoms with van der Waals surface area (Å²) in [6.07, 6.45) is 1.78. The molecule has 1 aliphatic rings. The third kappa shape index (κ3) is 4.14. The molecule has 0 spiro atoms. The minimum atomic E-state index is -0.227. The number of ether oxygens (including phenoxy) is 1. The van der Waals surface area contributed by atoms with E-state index in [0.29, 0.717) is 31.1 Å². The molecule has 1 saturated heterocycles. The Morgan fingerprint density at radius 1 is 1.43 bits per heavy atom. The van der Waals surface area contributed by atoms with Gasteiger partial charge in [0.05, 0.1) is 18.8 Å². The Labute approximate surface area is 126 Å². The second kappa shape index (κ2) is 6.28. The molecule has 1 aromatic heterocycles.